The summed E-state index contributed by atoms with van der Waals surface area (Å²) < 4.78 is 11.3. The number of furan rings is 1. The zero-order chi connectivity index (χ0) is 22.8. The second kappa shape index (κ2) is 8.94. The molecule has 0 radical (unpaired) electrons. The maximum atomic E-state index is 13.1. The van der Waals surface area contributed by atoms with Crippen molar-refractivity contribution in [2.45, 2.75) is 32.2 Å². The third-order valence-electron chi connectivity index (χ3n) is 6.01. The zero-order valence-electron chi connectivity index (χ0n) is 18.4. The highest BCUT2D eigenvalue weighted by atomic mass is 16.5. The molecule has 33 heavy (non-hydrogen) atoms. The Morgan fingerprint density at radius 3 is 2.58 bits per heavy atom. The van der Waals surface area contributed by atoms with E-state index in [0.29, 0.717) is 24.4 Å². The molecule has 2 aliphatic heterocycles. The van der Waals surface area contributed by atoms with Crippen LogP contribution in [0.15, 0.2) is 76.4 Å². The average molecular weight is 444 g/mol. The van der Waals surface area contributed by atoms with Crippen LogP contribution in [0.3, 0.4) is 0 Å². The number of amides is 2. The van der Waals surface area contributed by atoms with Crippen LogP contribution in [0.4, 0.5) is 5.69 Å². The molecule has 3 heterocycles. The molecule has 1 aromatic heterocycles. The number of rotatable bonds is 6. The van der Waals surface area contributed by atoms with Crippen LogP contribution >= 0.6 is 0 Å². The van der Waals surface area contributed by atoms with E-state index in [2.05, 4.69) is 5.10 Å². The molecule has 1 saturated heterocycles. The van der Waals surface area contributed by atoms with E-state index in [-0.39, 0.29) is 24.5 Å². The molecule has 1 fully saturated rings. The molecule has 7 heteroatoms. The smallest absolute Gasteiger partial charge is 0.281 e. The minimum Gasteiger partial charge on any atom is -0.484 e. The van der Waals surface area contributed by atoms with E-state index in [1.807, 2.05) is 55.5 Å². The Labute approximate surface area is 192 Å². The van der Waals surface area contributed by atoms with Gasteiger partial charge >= 0.3 is 0 Å². The SMILES string of the molecule is Cc1ccc(C2=NN(C(=O)COc3ccc(N4CCCC4=O)cc3)[C@H](c3ccco3)C2)cc1. The molecule has 0 unspecified atom stereocenters. The summed E-state index contributed by atoms with van der Waals surface area (Å²) in [6, 6.07) is 18.7. The predicted octanol–water partition coefficient (Wildman–Crippen LogP) is 4.47. The van der Waals surface area contributed by atoms with Crippen molar-refractivity contribution >= 4 is 23.2 Å². The number of hydrazone groups is 1. The maximum Gasteiger partial charge on any atom is 0.281 e. The van der Waals surface area contributed by atoms with Gasteiger partial charge in [-0.15, -0.1) is 0 Å². The third-order valence-corrected chi connectivity index (χ3v) is 6.01. The molecule has 5 rings (SSSR count). The molecule has 0 saturated carbocycles. The number of ether oxygens (including phenoxy) is 1. The second-order valence-corrected chi connectivity index (χ2v) is 8.32. The summed E-state index contributed by atoms with van der Waals surface area (Å²) in [4.78, 5) is 26.8. The van der Waals surface area contributed by atoms with Gasteiger partial charge in [-0.3, -0.25) is 9.59 Å². The first kappa shape index (κ1) is 21.0. The van der Waals surface area contributed by atoms with Gasteiger partial charge in [0.1, 0.15) is 17.6 Å². The summed E-state index contributed by atoms with van der Waals surface area (Å²) >= 11 is 0. The quantitative estimate of drug-likeness (QED) is 0.563. The van der Waals surface area contributed by atoms with Gasteiger partial charge in [0, 0.05) is 25.1 Å². The molecule has 0 spiro atoms. The number of hydrogen-bond donors (Lipinski definition) is 0. The number of carbonyl (C=O) groups is 2. The minimum atomic E-state index is -0.309. The minimum absolute atomic E-state index is 0.138. The maximum absolute atomic E-state index is 13.1. The molecular formula is C26H25N3O4. The number of carbonyl (C=O) groups excluding carboxylic acids is 2. The molecule has 2 amide bonds. The fourth-order valence-electron chi connectivity index (χ4n) is 4.22. The molecule has 1 atom stereocenters. The van der Waals surface area contributed by atoms with Gasteiger partial charge in [0.05, 0.1) is 12.0 Å². The standard InChI is InChI=1S/C26H25N3O4/c1-18-6-8-19(9-7-18)22-16-23(24-4-3-15-32-24)29(27-22)26(31)17-33-21-12-10-20(11-13-21)28-14-2-5-25(28)30/h3-4,6-13,15,23H,2,5,14,16-17H2,1H3/t23-/m0/s1. The van der Waals surface area contributed by atoms with Crippen LogP contribution in [0.1, 0.15) is 42.2 Å². The predicted molar refractivity (Wildman–Crippen MR) is 124 cm³/mol. The second-order valence-electron chi connectivity index (χ2n) is 8.32. The van der Waals surface area contributed by atoms with Crippen molar-refractivity contribution in [3.63, 3.8) is 0 Å². The summed E-state index contributed by atoms with van der Waals surface area (Å²) in [5.41, 5.74) is 3.84. The van der Waals surface area contributed by atoms with Crippen LogP contribution in [0, 0.1) is 6.92 Å². The van der Waals surface area contributed by atoms with Crippen molar-refractivity contribution in [1.29, 1.82) is 0 Å². The van der Waals surface area contributed by atoms with E-state index in [0.717, 1.165) is 29.9 Å². The summed E-state index contributed by atoms with van der Waals surface area (Å²) in [6.45, 7) is 2.63. The molecule has 0 bridgehead atoms. The van der Waals surface area contributed by atoms with Gasteiger partial charge in [-0.05, 0) is 55.3 Å². The van der Waals surface area contributed by atoms with E-state index in [1.54, 1.807) is 23.3 Å². The Morgan fingerprint density at radius 2 is 1.91 bits per heavy atom. The summed E-state index contributed by atoms with van der Waals surface area (Å²) in [6.07, 6.45) is 3.64. The molecule has 2 aromatic carbocycles. The highest BCUT2D eigenvalue weighted by molar-refractivity contribution is 6.03. The largest absolute Gasteiger partial charge is 0.484 e. The van der Waals surface area contributed by atoms with E-state index < -0.39 is 0 Å². The average Bonchev–Trinajstić information content (AvgIpc) is 3.59. The van der Waals surface area contributed by atoms with Gasteiger partial charge in [0.15, 0.2) is 6.61 Å². The number of nitrogens with zero attached hydrogens (tertiary/aromatic N) is 3. The first-order chi connectivity index (χ1) is 16.1. The highest BCUT2D eigenvalue weighted by Crippen LogP contribution is 2.33. The van der Waals surface area contributed by atoms with E-state index >= 15 is 0 Å². The van der Waals surface area contributed by atoms with Crippen molar-refractivity contribution in [2.75, 3.05) is 18.1 Å². The lowest BCUT2D eigenvalue weighted by Gasteiger charge is -2.20. The lowest BCUT2D eigenvalue weighted by Crippen LogP contribution is -2.31. The molecule has 7 nitrogen and oxygen atoms in total. The van der Waals surface area contributed by atoms with Crippen LogP contribution in [0.25, 0.3) is 0 Å². The van der Waals surface area contributed by atoms with E-state index in [9.17, 15) is 9.59 Å². The fourth-order valence-corrected chi connectivity index (χ4v) is 4.22. The lowest BCUT2D eigenvalue weighted by atomic mass is 10.0. The Morgan fingerprint density at radius 1 is 1.12 bits per heavy atom. The topological polar surface area (TPSA) is 75.4 Å². The molecule has 168 valence electrons. The number of aryl methyl sites for hydroxylation is 1. The first-order valence-corrected chi connectivity index (χ1v) is 11.1. The van der Waals surface area contributed by atoms with Crippen LogP contribution in [0.2, 0.25) is 0 Å². The van der Waals surface area contributed by atoms with Crippen LogP contribution < -0.4 is 9.64 Å². The van der Waals surface area contributed by atoms with Gasteiger partial charge < -0.3 is 14.1 Å². The van der Waals surface area contributed by atoms with Crippen LogP contribution in [-0.4, -0.2) is 35.7 Å². The highest BCUT2D eigenvalue weighted by Gasteiger charge is 2.35. The Kier molecular flexibility index (Phi) is 5.69. The molecular weight excluding hydrogens is 418 g/mol. The van der Waals surface area contributed by atoms with Crippen molar-refractivity contribution in [3.05, 3.63) is 83.8 Å². The Bertz CT molecular complexity index is 1170. The van der Waals surface area contributed by atoms with Crippen molar-refractivity contribution in [2.24, 2.45) is 5.10 Å². The molecule has 0 N–H and O–H groups in total. The number of anilines is 1. The van der Waals surface area contributed by atoms with Crippen molar-refractivity contribution < 1.29 is 18.7 Å². The summed E-state index contributed by atoms with van der Waals surface area (Å²) in [7, 11) is 0. The van der Waals surface area contributed by atoms with Gasteiger partial charge in [-0.1, -0.05) is 29.8 Å². The van der Waals surface area contributed by atoms with Crippen molar-refractivity contribution in [3.8, 4) is 5.75 Å². The molecule has 2 aliphatic rings. The van der Waals surface area contributed by atoms with Crippen LogP contribution in [0.5, 0.6) is 5.75 Å². The Balaban J connectivity index is 1.29. The normalized spacial score (nSPS) is 18.0. The van der Waals surface area contributed by atoms with Crippen molar-refractivity contribution in [1.82, 2.24) is 5.01 Å². The first-order valence-electron chi connectivity index (χ1n) is 11.1. The molecule has 3 aromatic rings. The zero-order valence-corrected chi connectivity index (χ0v) is 18.4. The van der Waals surface area contributed by atoms with Gasteiger partial charge in [-0.25, -0.2) is 5.01 Å². The van der Waals surface area contributed by atoms with Crippen LogP contribution in [-0.2, 0) is 9.59 Å². The summed E-state index contributed by atoms with van der Waals surface area (Å²) in [5, 5.41) is 6.09. The molecule has 0 aliphatic carbocycles. The van der Waals surface area contributed by atoms with Gasteiger partial charge in [0.25, 0.3) is 5.91 Å². The number of hydrogen-bond acceptors (Lipinski definition) is 5. The number of benzene rings is 2. The van der Waals surface area contributed by atoms with E-state index in [1.165, 1.54) is 10.6 Å². The summed E-state index contributed by atoms with van der Waals surface area (Å²) in [5.74, 6) is 1.14. The van der Waals surface area contributed by atoms with Gasteiger partial charge in [0.2, 0.25) is 5.91 Å². The van der Waals surface area contributed by atoms with E-state index in [4.69, 9.17) is 9.15 Å². The van der Waals surface area contributed by atoms with Gasteiger partial charge in [-0.2, -0.15) is 5.10 Å². The lowest BCUT2D eigenvalue weighted by molar-refractivity contribution is -0.135. The third kappa shape index (κ3) is 4.39. The monoisotopic (exact) mass is 443 g/mol. The fraction of sp³-hybridized carbons (Fsp3) is 0.269. The Hall–Kier alpha value is -3.87.